The van der Waals surface area contributed by atoms with Crippen molar-refractivity contribution in [1.29, 1.82) is 0 Å². The molecule has 3 heterocycles. The summed E-state index contributed by atoms with van der Waals surface area (Å²) in [4.78, 5) is 2.31. The molecular formula is C96H163F10NO3. The minimum absolute atomic E-state index is 0.168. The van der Waals surface area contributed by atoms with Gasteiger partial charge in [-0.3, -0.25) is 0 Å². The normalized spacial score (nSPS) is 39.5. The zero-order valence-electron chi connectivity index (χ0n) is 72.5. The minimum Gasteiger partial charge on any atom is -0.381 e. The average molecular weight is 1570 g/mol. The predicted molar refractivity (Wildman–Crippen MR) is 437 cm³/mol. The Morgan fingerprint density at radius 1 is 0.445 bits per heavy atom. The number of allylic oxidation sites excluding steroid dienone is 5. The minimum atomic E-state index is -3.99. The van der Waals surface area contributed by atoms with Crippen molar-refractivity contribution < 1.29 is 58.1 Å². The molecular weight excluding hydrogens is 1410 g/mol. The number of halogens is 10. The van der Waals surface area contributed by atoms with E-state index in [-0.39, 0.29) is 38.0 Å². The lowest BCUT2D eigenvalue weighted by molar-refractivity contribution is -0.176. The van der Waals surface area contributed by atoms with E-state index in [0.29, 0.717) is 36.2 Å². The van der Waals surface area contributed by atoms with Crippen molar-refractivity contribution in [1.82, 2.24) is 4.90 Å². The van der Waals surface area contributed by atoms with E-state index < -0.39 is 52.3 Å². The van der Waals surface area contributed by atoms with Gasteiger partial charge < -0.3 is 19.1 Å². The van der Waals surface area contributed by atoms with Gasteiger partial charge in [-0.15, -0.1) is 0 Å². The Bertz CT molecular complexity index is 2700. The predicted octanol–water partition coefficient (Wildman–Crippen LogP) is 30.0. The van der Waals surface area contributed by atoms with Crippen LogP contribution in [0.1, 0.15) is 372 Å². The second-order valence-corrected chi connectivity index (χ2v) is 41.1. The van der Waals surface area contributed by atoms with Crippen LogP contribution in [0.15, 0.2) is 34.9 Å². The molecule has 11 unspecified atom stereocenters. The van der Waals surface area contributed by atoms with Gasteiger partial charge in [-0.2, -0.15) is 13.2 Å². The zero-order valence-corrected chi connectivity index (χ0v) is 72.5. The summed E-state index contributed by atoms with van der Waals surface area (Å²) in [5.41, 5.74) is 4.37. The number of likely N-dealkylation sites (tertiary alicyclic amines) is 1. The third kappa shape index (κ3) is 28.0. The van der Waals surface area contributed by atoms with Crippen LogP contribution < -0.4 is 0 Å². The third-order valence-corrected chi connectivity index (χ3v) is 31.9. The quantitative estimate of drug-likeness (QED) is 0.193. The van der Waals surface area contributed by atoms with Crippen LogP contribution in [-0.2, 0) is 14.2 Å². The highest BCUT2D eigenvalue weighted by molar-refractivity contribution is 5.15. The van der Waals surface area contributed by atoms with Crippen LogP contribution in [0.4, 0.5) is 43.9 Å². The van der Waals surface area contributed by atoms with Gasteiger partial charge in [0.25, 0.3) is 17.8 Å². The van der Waals surface area contributed by atoms with E-state index in [1.54, 1.807) is 76.5 Å². The summed E-state index contributed by atoms with van der Waals surface area (Å²) in [6, 6.07) is 0. The molecule has 11 atom stereocenters. The summed E-state index contributed by atoms with van der Waals surface area (Å²) in [6.07, 6.45) is 53.5. The fraction of sp³-hybridized carbons (Fsp3) is 0.938. The van der Waals surface area contributed by atoms with Crippen LogP contribution >= 0.6 is 0 Å². The van der Waals surface area contributed by atoms with E-state index >= 15 is 0 Å². The van der Waals surface area contributed by atoms with E-state index in [9.17, 15) is 43.9 Å². The maximum Gasteiger partial charge on any atom is 0.392 e. The first-order chi connectivity index (χ1) is 51.9. The number of methoxy groups -OCH3 is 1. The smallest absolute Gasteiger partial charge is 0.381 e. The largest absolute Gasteiger partial charge is 0.392 e. The molecule has 640 valence electrons. The van der Waals surface area contributed by atoms with Gasteiger partial charge in [-0.05, 0) is 341 Å². The van der Waals surface area contributed by atoms with Crippen LogP contribution in [0.3, 0.4) is 0 Å². The van der Waals surface area contributed by atoms with Crippen LogP contribution in [0.25, 0.3) is 0 Å². The van der Waals surface area contributed by atoms with E-state index in [2.05, 4.69) is 93.3 Å². The van der Waals surface area contributed by atoms with Crippen LogP contribution in [-0.4, -0.2) is 94.8 Å². The summed E-state index contributed by atoms with van der Waals surface area (Å²) >= 11 is 0. The van der Waals surface area contributed by atoms with Gasteiger partial charge in [0.2, 0.25) is 0 Å². The van der Waals surface area contributed by atoms with Crippen LogP contribution in [0, 0.1) is 110 Å². The molecule has 3 aliphatic heterocycles. The lowest BCUT2D eigenvalue weighted by Gasteiger charge is -2.59. The van der Waals surface area contributed by atoms with Gasteiger partial charge >= 0.3 is 6.18 Å². The third-order valence-electron chi connectivity index (χ3n) is 31.9. The van der Waals surface area contributed by atoms with E-state index in [4.69, 9.17) is 14.2 Å². The van der Waals surface area contributed by atoms with E-state index in [1.165, 1.54) is 140 Å². The van der Waals surface area contributed by atoms with Crippen molar-refractivity contribution in [3.8, 4) is 0 Å². The molecule has 0 aromatic heterocycles. The number of hydrogen-bond acceptors (Lipinski definition) is 4. The molecule has 5 spiro atoms. The molecule has 19 fully saturated rings. The Kier molecular flexibility index (Phi) is 36.1. The number of hydrogen-bond donors (Lipinski definition) is 0. The highest BCUT2D eigenvalue weighted by Crippen LogP contribution is 2.71. The number of alkyl halides is 10. The average Bonchev–Trinajstić information content (AvgIpc) is 1.45. The Balaban J connectivity index is 0.000000151. The first-order valence-electron chi connectivity index (χ1n) is 46.1. The molecule has 110 heavy (non-hydrogen) atoms. The van der Waals surface area contributed by atoms with Crippen molar-refractivity contribution in [3.05, 3.63) is 34.9 Å². The number of rotatable bonds is 1. The van der Waals surface area contributed by atoms with E-state index in [0.717, 1.165) is 162 Å². The molecule has 0 aromatic rings. The number of ether oxygens (including phenoxy) is 3. The first-order valence-corrected chi connectivity index (χ1v) is 46.1. The summed E-state index contributed by atoms with van der Waals surface area (Å²) in [5.74, 6) is 2.45. The van der Waals surface area contributed by atoms with Gasteiger partial charge in [0.1, 0.15) is 6.17 Å². The molecule has 14 heteroatoms. The highest BCUT2D eigenvalue weighted by atomic mass is 19.4. The highest BCUT2D eigenvalue weighted by Gasteiger charge is 2.73. The second-order valence-electron chi connectivity index (χ2n) is 41.1. The van der Waals surface area contributed by atoms with Gasteiger partial charge in [-0.1, -0.05) is 155 Å². The summed E-state index contributed by atoms with van der Waals surface area (Å²) in [5, 5.41) is 0. The van der Waals surface area contributed by atoms with E-state index in [1.807, 2.05) is 13.8 Å². The molecule has 0 radical (unpaired) electrons. The molecule has 22 rings (SSSR count). The van der Waals surface area contributed by atoms with Gasteiger partial charge in [0.05, 0.1) is 12.0 Å². The lowest BCUT2D eigenvalue weighted by Crippen LogP contribution is -2.60. The maximum atomic E-state index is 12.9. The summed E-state index contributed by atoms with van der Waals surface area (Å²) in [7, 11) is 3.93. The van der Waals surface area contributed by atoms with Crippen LogP contribution in [0.5, 0.6) is 0 Å². The molecule has 19 aliphatic carbocycles. The monoisotopic (exact) mass is 1570 g/mol. The van der Waals surface area contributed by atoms with Crippen LogP contribution in [0.2, 0.25) is 0 Å². The Labute approximate surface area is 666 Å². The van der Waals surface area contributed by atoms with Crippen molar-refractivity contribution in [2.24, 2.45) is 110 Å². The fourth-order valence-electron chi connectivity index (χ4n) is 21.0. The molecule has 4 bridgehead atoms. The molecule has 0 N–H and O–H groups in total. The Morgan fingerprint density at radius 3 is 1.25 bits per heavy atom. The van der Waals surface area contributed by atoms with Crippen molar-refractivity contribution in [2.45, 2.75) is 408 Å². The fourth-order valence-corrected chi connectivity index (χ4v) is 21.0. The standard InChI is InChI=1S/3C9H14F2.2C9H16.C8H11F3.C8H14O.C7H12.C6H9F.2C6H12O.C6H10.C4H9N/c1-7-2-4-8(5-3-7)6-9(8,10)11;1-7-3-2-4-8(5-7)6-9(8,10)11;1-7-4-2-3-5-8(7)6-9(8,10)11;1-8-3-2-4-9(7-8)5-6-9;1-8-4-2-3-5-9(8)6-7-9;1-6-2-4-7(5-3-6)8(9,10)11;1-7-3-5-8(9-2)6-4-7;1-7-5-3-2-4-6-7;1-3-4-2-5(3)6(4)7;1-6-2-4-7-5-3-6;1-6-3-2-4-7-5-6;1-4-5-2-6(4)3-5;1-5-3-2-4-5/h3*7H,2-6H2,1H3;2*8H,2-7H2,1H3;2,7H,3-5H2,1H3;3,8H,4-6H2,1-2H3;5H,2-4,6H2,1H3;3-6H,2H2,1H3;2*6H,2-5H2,1H3;4-6H,2-3H2,1H3;2-4H2,1H3. The summed E-state index contributed by atoms with van der Waals surface area (Å²) < 4.78 is 141. The molecule has 16 saturated carbocycles. The van der Waals surface area contributed by atoms with Crippen molar-refractivity contribution >= 4 is 0 Å². The topological polar surface area (TPSA) is 30.9 Å². The molecule has 0 aromatic carbocycles. The molecule has 0 amide bonds. The van der Waals surface area contributed by atoms with Crippen molar-refractivity contribution in [3.63, 3.8) is 0 Å². The van der Waals surface area contributed by atoms with Gasteiger partial charge in [-0.25, -0.2) is 30.7 Å². The zero-order chi connectivity index (χ0) is 80.4. The Hall–Kier alpha value is -1.64. The first kappa shape index (κ1) is 93.9. The molecule has 4 nitrogen and oxygen atoms in total. The van der Waals surface area contributed by atoms with Gasteiger partial charge in [0, 0.05) is 69.0 Å². The Morgan fingerprint density at radius 2 is 0.973 bits per heavy atom. The number of nitrogens with zero attached hydrogens (tertiary/aromatic N) is 1. The lowest BCUT2D eigenvalue weighted by atomic mass is 9.47. The second kappa shape index (κ2) is 42.3. The molecule has 22 aliphatic rings. The molecule has 3 saturated heterocycles. The van der Waals surface area contributed by atoms with Crippen molar-refractivity contribution in [2.75, 3.05) is 53.7 Å². The maximum absolute atomic E-state index is 12.9. The summed E-state index contributed by atoms with van der Waals surface area (Å²) in [6.45, 7) is 33.0. The SMILES string of the molecule is CC1=CCC(C(F)(F)F)CC1.CC1=CCCCC1.CC1C2CC1C2.CC1C2CC1C2F.CC1CCC2(CC1)CC2(F)F.CC1CCCC2(C1)CC2(F)F.CC1CCCC2(CC2)C1.CC1CCCCC12CC2.CC1CCCCC12CC2(F)F.CC1CCCOC1.CC1CCOCC1.CN1CCC1.COC1CC=C(C)CC1. The van der Waals surface area contributed by atoms with Gasteiger partial charge in [0.15, 0.2) is 0 Å².